The Morgan fingerprint density at radius 1 is 1.13 bits per heavy atom. The molecule has 0 saturated heterocycles. The smallest absolute Gasteiger partial charge is 0.435 e. The average molecular weight is 566 g/mol. The Labute approximate surface area is 224 Å². The summed E-state index contributed by atoms with van der Waals surface area (Å²) in [5.74, 6) is -1.22. The molecule has 0 bridgehead atoms. The molecule has 0 aliphatic heterocycles. The fraction of sp³-hybridized carbons (Fsp3) is 0.208. The largest absolute Gasteiger partial charge is 0.465 e. The van der Waals surface area contributed by atoms with Gasteiger partial charge in [-0.1, -0.05) is 11.6 Å². The minimum Gasteiger partial charge on any atom is -0.465 e. The molecule has 1 aromatic carbocycles. The standard InChI is InChI=1S/C24H20ClF4N7O3/c1-38-8-6-30-20-15(22(37)39-2)9-13(11-31-20)16-12-32-23(33-14-3-4-18(26)17(25)10-14)34-21(16)36-7-5-19(35-36)24(27,28)29/h3-5,7,9-12H,6,8H2,1-2H3,(H,30,31)(H,32,33,34). The molecule has 4 aromatic rings. The van der Waals surface area contributed by atoms with E-state index in [-0.39, 0.29) is 33.7 Å². The van der Waals surface area contributed by atoms with Crippen LogP contribution in [0.3, 0.4) is 0 Å². The highest BCUT2D eigenvalue weighted by molar-refractivity contribution is 6.31. The number of carbonyl (C=O) groups excluding carboxylic acids is 1. The minimum absolute atomic E-state index is 0.0421. The number of nitrogens with zero attached hydrogens (tertiary/aromatic N) is 5. The van der Waals surface area contributed by atoms with E-state index < -0.39 is 23.7 Å². The Kier molecular flexibility index (Phi) is 8.26. The van der Waals surface area contributed by atoms with Gasteiger partial charge in [0, 0.05) is 49.1 Å². The Morgan fingerprint density at radius 2 is 1.92 bits per heavy atom. The van der Waals surface area contributed by atoms with E-state index in [1.165, 1.54) is 44.8 Å². The van der Waals surface area contributed by atoms with Gasteiger partial charge in [0.05, 0.1) is 18.7 Å². The van der Waals surface area contributed by atoms with Crippen LogP contribution < -0.4 is 10.6 Å². The molecule has 39 heavy (non-hydrogen) atoms. The van der Waals surface area contributed by atoms with Gasteiger partial charge in [-0.3, -0.25) is 0 Å². The predicted octanol–water partition coefficient (Wildman–Crippen LogP) is 5.12. The van der Waals surface area contributed by atoms with Gasteiger partial charge in [-0.05, 0) is 30.3 Å². The van der Waals surface area contributed by atoms with Crippen LogP contribution in [0.15, 0.2) is 48.9 Å². The van der Waals surface area contributed by atoms with E-state index in [4.69, 9.17) is 21.1 Å². The predicted molar refractivity (Wildman–Crippen MR) is 134 cm³/mol. The number of ether oxygens (including phenoxy) is 2. The van der Waals surface area contributed by atoms with Crippen molar-refractivity contribution in [2.75, 3.05) is 38.0 Å². The van der Waals surface area contributed by atoms with E-state index in [1.807, 2.05) is 0 Å². The highest BCUT2D eigenvalue weighted by Crippen LogP contribution is 2.32. The normalized spacial score (nSPS) is 11.4. The molecule has 10 nitrogen and oxygen atoms in total. The number of carbonyl (C=O) groups is 1. The molecule has 204 valence electrons. The number of pyridine rings is 1. The third-order valence-corrected chi connectivity index (χ3v) is 5.53. The molecule has 0 saturated carbocycles. The van der Waals surface area contributed by atoms with Crippen LogP contribution in [-0.2, 0) is 15.7 Å². The van der Waals surface area contributed by atoms with E-state index in [2.05, 4.69) is 30.7 Å². The summed E-state index contributed by atoms with van der Waals surface area (Å²) in [4.78, 5) is 25.3. The number of rotatable bonds is 9. The van der Waals surface area contributed by atoms with Crippen molar-refractivity contribution in [3.8, 4) is 16.9 Å². The van der Waals surface area contributed by atoms with E-state index in [1.54, 1.807) is 0 Å². The van der Waals surface area contributed by atoms with Crippen LogP contribution in [0.4, 0.5) is 35.0 Å². The Morgan fingerprint density at radius 3 is 2.59 bits per heavy atom. The van der Waals surface area contributed by atoms with Gasteiger partial charge < -0.3 is 20.1 Å². The molecule has 0 fully saturated rings. The van der Waals surface area contributed by atoms with E-state index >= 15 is 0 Å². The highest BCUT2D eigenvalue weighted by atomic mass is 35.5. The van der Waals surface area contributed by atoms with Crippen LogP contribution in [-0.4, -0.2) is 58.1 Å². The first-order valence-corrected chi connectivity index (χ1v) is 11.5. The zero-order chi connectivity index (χ0) is 28.2. The van der Waals surface area contributed by atoms with Crippen molar-refractivity contribution < 1.29 is 31.8 Å². The van der Waals surface area contributed by atoms with Crippen molar-refractivity contribution in [2.24, 2.45) is 0 Å². The maximum absolute atomic E-state index is 13.5. The van der Waals surface area contributed by atoms with Crippen molar-refractivity contribution in [1.82, 2.24) is 24.7 Å². The second-order valence-electron chi connectivity index (χ2n) is 7.86. The summed E-state index contributed by atoms with van der Waals surface area (Å²) in [6.07, 6.45) is -0.895. The minimum atomic E-state index is -4.69. The molecule has 3 heterocycles. The number of alkyl halides is 3. The first-order valence-electron chi connectivity index (χ1n) is 11.1. The number of esters is 1. The van der Waals surface area contributed by atoms with Crippen molar-refractivity contribution >= 4 is 35.0 Å². The highest BCUT2D eigenvalue weighted by Gasteiger charge is 2.34. The zero-order valence-electron chi connectivity index (χ0n) is 20.4. The number of halogens is 5. The maximum Gasteiger partial charge on any atom is 0.435 e. The van der Waals surface area contributed by atoms with Gasteiger partial charge in [0.25, 0.3) is 0 Å². The second-order valence-corrected chi connectivity index (χ2v) is 8.27. The van der Waals surface area contributed by atoms with Crippen LogP contribution in [0.5, 0.6) is 0 Å². The molecule has 0 aliphatic rings. The number of nitrogens with one attached hydrogen (secondary N) is 2. The lowest BCUT2D eigenvalue weighted by Crippen LogP contribution is -2.14. The molecule has 0 radical (unpaired) electrons. The Balaban J connectivity index is 1.81. The lowest BCUT2D eigenvalue weighted by atomic mass is 10.1. The molecular formula is C24H20ClF4N7O3. The van der Waals surface area contributed by atoms with E-state index in [0.29, 0.717) is 24.4 Å². The third kappa shape index (κ3) is 6.41. The summed E-state index contributed by atoms with van der Waals surface area (Å²) in [5.41, 5.74) is -0.244. The average Bonchev–Trinajstić information content (AvgIpc) is 3.42. The fourth-order valence-corrected chi connectivity index (χ4v) is 3.58. The molecule has 0 unspecified atom stereocenters. The SMILES string of the molecule is COCCNc1ncc(-c2cnc(Nc3ccc(F)c(Cl)c3)nc2-n2ccc(C(F)(F)F)n2)cc1C(=O)OC. The first-order chi connectivity index (χ1) is 18.6. The van der Waals surface area contributed by atoms with Gasteiger partial charge in [-0.2, -0.15) is 23.3 Å². The van der Waals surface area contributed by atoms with Gasteiger partial charge in [0.15, 0.2) is 11.5 Å². The van der Waals surface area contributed by atoms with Gasteiger partial charge in [-0.25, -0.2) is 23.8 Å². The Bertz CT molecular complexity index is 1500. The summed E-state index contributed by atoms with van der Waals surface area (Å²) in [5, 5.41) is 9.25. The van der Waals surface area contributed by atoms with E-state index in [0.717, 1.165) is 23.0 Å². The molecule has 2 N–H and O–H groups in total. The number of anilines is 3. The van der Waals surface area contributed by atoms with Crippen molar-refractivity contribution in [3.63, 3.8) is 0 Å². The number of benzene rings is 1. The fourth-order valence-electron chi connectivity index (χ4n) is 3.40. The monoisotopic (exact) mass is 565 g/mol. The van der Waals surface area contributed by atoms with Crippen molar-refractivity contribution in [3.05, 3.63) is 71.0 Å². The summed E-state index contributed by atoms with van der Waals surface area (Å²) in [7, 11) is 2.72. The van der Waals surface area contributed by atoms with Crippen molar-refractivity contribution in [1.29, 1.82) is 0 Å². The third-order valence-electron chi connectivity index (χ3n) is 5.24. The number of hydrogen-bond donors (Lipinski definition) is 2. The van der Waals surface area contributed by atoms with Gasteiger partial charge in [-0.15, -0.1) is 0 Å². The molecule has 3 aromatic heterocycles. The number of hydrogen-bond acceptors (Lipinski definition) is 9. The van der Waals surface area contributed by atoms with Crippen LogP contribution in [0.1, 0.15) is 16.1 Å². The molecular weight excluding hydrogens is 546 g/mol. The molecule has 4 rings (SSSR count). The topological polar surface area (TPSA) is 116 Å². The van der Waals surface area contributed by atoms with E-state index in [9.17, 15) is 22.4 Å². The summed E-state index contributed by atoms with van der Waals surface area (Å²) in [6.45, 7) is 0.694. The molecule has 0 spiro atoms. The van der Waals surface area contributed by atoms with Gasteiger partial charge in [0.1, 0.15) is 17.2 Å². The summed E-state index contributed by atoms with van der Waals surface area (Å²) in [6, 6.07) is 6.04. The first kappa shape index (κ1) is 27.7. The number of aromatic nitrogens is 5. The maximum atomic E-state index is 13.5. The van der Waals surface area contributed by atoms with Crippen molar-refractivity contribution in [2.45, 2.75) is 6.18 Å². The van der Waals surface area contributed by atoms with Gasteiger partial charge >= 0.3 is 12.1 Å². The molecule has 0 atom stereocenters. The van der Waals surface area contributed by atoms with Crippen LogP contribution >= 0.6 is 11.6 Å². The number of methoxy groups -OCH3 is 2. The summed E-state index contributed by atoms with van der Waals surface area (Å²) < 4.78 is 64.2. The summed E-state index contributed by atoms with van der Waals surface area (Å²) >= 11 is 5.83. The molecule has 0 amide bonds. The molecule has 0 aliphatic carbocycles. The quantitative estimate of drug-likeness (QED) is 0.162. The van der Waals surface area contributed by atoms with Crippen LogP contribution in [0.2, 0.25) is 5.02 Å². The lowest BCUT2D eigenvalue weighted by molar-refractivity contribution is -0.141. The van der Waals surface area contributed by atoms with Crippen LogP contribution in [0, 0.1) is 5.82 Å². The lowest BCUT2D eigenvalue weighted by Gasteiger charge is -2.14. The van der Waals surface area contributed by atoms with Crippen LogP contribution in [0.25, 0.3) is 16.9 Å². The van der Waals surface area contributed by atoms with Gasteiger partial charge in [0.2, 0.25) is 5.95 Å². The molecule has 15 heteroatoms. The zero-order valence-corrected chi connectivity index (χ0v) is 21.1. The Hall–Kier alpha value is -4.30. The second kappa shape index (κ2) is 11.6.